The molecule has 1 atom stereocenters. The van der Waals surface area contributed by atoms with E-state index in [2.05, 4.69) is 15.5 Å². The number of carbonyl (C=O) groups excluding carboxylic acids is 2. The summed E-state index contributed by atoms with van der Waals surface area (Å²) < 4.78 is 0. The van der Waals surface area contributed by atoms with Gasteiger partial charge in [0.05, 0.1) is 6.42 Å². The third kappa shape index (κ3) is 9.09. The number of carbonyl (C=O) groups is 3. The minimum Gasteiger partial charge on any atom is -0.481 e. The number of amides is 2. The van der Waals surface area contributed by atoms with Gasteiger partial charge in [0.25, 0.3) is 0 Å². The highest BCUT2D eigenvalue weighted by molar-refractivity contribution is 5.88. The van der Waals surface area contributed by atoms with Gasteiger partial charge in [-0.2, -0.15) is 0 Å². The summed E-state index contributed by atoms with van der Waals surface area (Å²) in [5, 5.41) is 15.1. The van der Waals surface area contributed by atoms with Crippen LogP contribution >= 0.6 is 0 Å². The van der Waals surface area contributed by atoms with Gasteiger partial charge in [0, 0.05) is 19.4 Å². The number of nitrogens with zero attached hydrogens (tertiary/aromatic N) is 1. The van der Waals surface area contributed by atoms with Crippen LogP contribution in [-0.2, 0) is 20.8 Å². The Morgan fingerprint density at radius 3 is 2.35 bits per heavy atom. The largest absolute Gasteiger partial charge is 0.481 e. The number of unbranched alkanes of at least 4 members (excludes halogenated alkanes) is 1. The van der Waals surface area contributed by atoms with Gasteiger partial charge in [-0.1, -0.05) is 43.2 Å². The second kappa shape index (κ2) is 12.4. The van der Waals surface area contributed by atoms with Crippen molar-refractivity contribution in [3.05, 3.63) is 35.9 Å². The Labute approximate surface area is 185 Å². The topological polar surface area (TPSA) is 98.7 Å². The van der Waals surface area contributed by atoms with Crippen LogP contribution in [0.2, 0.25) is 0 Å². The highest BCUT2D eigenvalue weighted by Gasteiger charge is 2.38. The average Bonchev–Trinajstić information content (AvgIpc) is 3.14. The number of rotatable bonds is 13. The molecule has 0 radical (unpaired) electrons. The van der Waals surface area contributed by atoms with Crippen molar-refractivity contribution in [1.82, 2.24) is 15.5 Å². The summed E-state index contributed by atoms with van der Waals surface area (Å²) in [5.74, 6) is -1.31. The molecule has 31 heavy (non-hydrogen) atoms. The molecular weight excluding hydrogens is 394 g/mol. The Morgan fingerprint density at radius 2 is 1.74 bits per heavy atom. The predicted molar refractivity (Wildman–Crippen MR) is 121 cm³/mol. The van der Waals surface area contributed by atoms with Crippen LogP contribution in [0.3, 0.4) is 0 Å². The van der Waals surface area contributed by atoms with Crippen LogP contribution in [0.15, 0.2) is 30.3 Å². The van der Waals surface area contributed by atoms with E-state index in [4.69, 9.17) is 0 Å². The summed E-state index contributed by atoms with van der Waals surface area (Å²) in [6, 6.07) is 8.94. The summed E-state index contributed by atoms with van der Waals surface area (Å²) in [4.78, 5) is 39.1. The molecule has 7 nitrogen and oxygen atoms in total. The molecule has 1 aliphatic carbocycles. The molecule has 0 aliphatic heterocycles. The molecule has 0 spiro atoms. The Balaban J connectivity index is 1.97. The van der Waals surface area contributed by atoms with E-state index in [1.165, 1.54) is 0 Å². The van der Waals surface area contributed by atoms with Gasteiger partial charge in [0.1, 0.15) is 6.04 Å². The fraction of sp³-hybridized carbons (Fsp3) is 0.625. The third-order valence-corrected chi connectivity index (χ3v) is 5.99. The monoisotopic (exact) mass is 431 g/mol. The summed E-state index contributed by atoms with van der Waals surface area (Å²) in [6.45, 7) is 1.53. The van der Waals surface area contributed by atoms with Gasteiger partial charge in [-0.05, 0) is 57.3 Å². The molecule has 2 rings (SSSR count). The van der Waals surface area contributed by atoms with Crippen molar-refractivity contribution < 1.29 is 19.5 Å². The minimum absolute atomic E-state index is 0.00183. The van der Waals surface area contributed by atoms with Gasteiger partial charge >= 0.3 is 5.97 Å². The number of nitrogens with one attached hydrogen (secondary N) is 2. The first-order valence-corrected chi connectivity index (χ1v) is 11.3. The molecule has 1 aliphatic rings. The number of carboxylic acid groups (broad SMARTS) is 1. The van der Waals surface area contributed by atoms with Crippen LogP contribution in [0.4, 0.5) is 0 Å². The minimum atomic E-state index is -0.869. The summed E-state index contributed by atoms with van der Waals surface area (Å²) in [7, 11) is 4.04. The third-order valence-electron chi connectivity index (χ3n) is 5.99. The highest BCUT2D eigenvalue weighted by atomic mass is 16.4. The number of benzene rings is 1. The van der Waals surface area contributed by atoms with Crippen molar-refractivity contribution in [1.29, 1.82) is 0 Å². The van der Waals surface area contributed by atoms with E-state index in [9.17, 15) is 19.5 Å². The molecular formula is C24H37N3O4. The Kier molecular flexibility index (Phi) is 9.98. The molecule has 1 aromatic carbocycles. The van der Waals surface area contributed by atoms with Crippen LogP contribution in [0.5, 0.6) is 0 Å². The van der Waals surface area contributed by atoms with Gasteiger partial charge in [0.15, 0.2) is 0 Å². The van der Waals surface area contributed by atoms with E-state index in [1.54, 1.807) is 0 Å². The predicted octanol–water partition coefficient (Wildman–Crippen LogP) is 2.60. The lowest BCUT2D eigenvalue weighted by Gasteiger charge is -2.27. The van der Waals surface area contributed by atoms with Crippen molar-refractivity contribution >= 4 is 17.8 Å². The zero-order valence-corrected chi connectivity index (χ0v) is 18.9. The van der Waals surface area contributed by atoms with E-state index in [0.29, 0.717) is 13.0 Å². The lowest BCUT2D eigenvalue weighted by Crippen LogP contribution is -2.49. The summed E-state index contributed by atoms with van der Waals surface area (Å²) >= 11 is 0. The second-order valence-electron chi connectivity index (χ2n) is 9.07. The normalized spacial score (nSPS) is 16.1. The van der Waals surface area contributed by atoms with Crippen LogP contribution in [0.25, 0.3) is 0 Å². The summed E-state index contributed by atoms with van der Waals surface area (Å²) in [6.07, 6.45) is 5.80. The molecule has 0 saturated heterocycles. The number of hydrogen-bond donors (Lipinski definition) is 3. The molecule has 0 aromatic heterocycles. The maximum atomic E-state index is 12.9. The molecule has 0 unspecified atom stereocenters. The quantitative estimate of drug-likeness (QED) is 0.417. The van der Waals surface area contributed by atoms with Crippen LogP contribution in [-0.4, -0.2) is 61.0 Å². The number of hydrogen-bond acceptors (Lipinski definition) is 4. The van der Waals surface area contributed by atoms with E-state index in [1.807, 2.05) is 44.4 Å². The zero-order valence-electron chi connectivity index (χ0n) is 18.9. The molecule has 0 bridgehead atoms. The van der Waals surface area contributed by atoms with E-state index in [0.717, 1.165) is 50.6 Å². The molecule has 1 fully saturated rings. The number of aliphatic carboxylic acids is 1. The molecule has 172 valence electrons. The first kappa shape index (κ1) is 24.9. The van der Waals surface area contributed by atoms with E-state index < -0.39 is 17.4 Å². The van der Waals surface area contributed by atoms with Crippen molar-refractivity contribution in [3.63, 3.8) is 0 Å². The van der Waals surface area contributed by atoms with E-state index >= 15 is 0 Å². The maximum Gasteiger partial charge on any atom is 0.303 e. The van der Waals surface area contributed by atoms with Gasteiger partial charge in [-0.3, -0.25) is 14.4 Å². The van der Waals surface area contributed by atoms with Gasteiger partial charge in [0.2, 0.25) is 11.8 Å². The standard InChI is InChI=1S/C24H37N3O4/c1-27(2)15-9-8-14-25-23(31)20(16-19-10-4-3-5-11-19)26-21(28)17-24(18-22(29)30)12-6-7-13-24/h3-5,10-11,20H,6-9,12-18H2,1-2H3,(H,25,31)(H,26,28)(H,29,30)/t20-/m0/s1. The van der Waals surface area contributed by atoms with Crippen molar-refractivity contribution in [2.75, 3.05) is 27.2 Å². The Hall–Kier alpha value is -2.41. The van der Waals surface area contributed by atoms with Crippen molar-refractivity contribution in [2.45, 2.75) is 63.8 Å². The fourth-order valence-electron chi connectivity index (χ4n) is 4.39. The summed E-state index contributed by atoms with van der Waals surface area (Å²) in [5.41, 5.74) is 0.479. The average molecular weight is 432 g/mol. The molecule has 0 heterocycles. The van der Waals surface area contributed by atoms with Crippen LogP contribution in [0.1, 0.15) is 56.9 Å². The maximum absolute atomic E-state index is 12.9. The SMILES string of the molecule is CN(C)CCCCNC(=O)[C@H](Cc1ccccc1)NC(=O)CC1(CC(=O)O)CCCC1. The molecule has 2 amide bonds. The van der Waals surface area contributed by atoms with Crippen molar-refractivity contribution in [2.24, 2.45) is 5.41 Å². The van der Waals surface area contributed by atoms with Crippen LogP contribution in [0, 0.1) is 5.41 Å². The molecule has 1 aromatic rings. The van der Waals surface area contributed by atoms with Gasteiger partial charge < -0.3 is 20.6 Å². The Morgan fingerprint density at radius 1 is 1.06 bits per heavy atom. The molecule has 1 saturated carbocycles. The zero-order chi connectivity index (χ0) is 22.7. The van der Waals surface area contributed by atoms with Gasteiger partial charge in [-0.15, -0.1) is 0 Å². The van der Waals surface area contributed by atoms with E-state index in [-0.39, 0.29) is 24.7 Å². The first-order valence-electron chi connectivity index (χ1n) is 11.3. The first-order chi connectivity index (χ1) is 14.8. The second-order valence-corrected chi connectivity index (χ2v) is 9.07. The molecule has 3 N–H and O–H groups in total. The molecule has 7 heteroatoms. The lowest BCUT2D eigenvalue weighted by atomic mass is 9.79. The van der Waals surface area contributed by atoms with Crippen molar-refractivity contribution in [3.8, 4) is 0 Å². The Bertz CT molecular complexity index is 715. The smallest absolute Gasteiger partial charge is 0.303 e. The highest BCUT2D eigenvalue weighted by Crippen LogP contribution is 2.44. The van der Waals surface area contributed by atoms with Gasteiger partial charge in [-0.25, -0.2) is 0 Å². The van der Waals surface area contributed by atoms with Crippen LogP contribution < -0.4 is 10.6 Å². The number of carboxylic acids is 1. The lowest BCUT2D eigenvalue weighted by molar-refractivity contribution is -0.140. The fourth-order valence-corrected chi connectivity index (χ4v) is 4.39.